The largest absolute Gasteiger partial charge is 0.331 e. The van der Waals surface area contributed by atoms with Crippen molar-refractivity contribution in [2.75, 3.05) is 5.32 Å². The van der Waals surface area contributed by atoms with Crippen LogP contribution in [0.15, 0.2) is 42.5 Å². The molecule has 26 heavy (non-hydrogen) atoms. The zero-order valence-corrected chi connectivity index (χ0v) is 14.9. The minimum absolute atomic E-state index is 0.162. The second-order valence-corrected chi connectivity index (χ2v) is 6.87. The lowest BCUT2D eigenvalue weighted by atomic mass is 9.98. The average Bonchev–Trinajstić information content (AvgIpc) is 3.41. The summed E-state index contributed by atoms with van der Waals surface area (Å²) >= 11 is 0. The number of aryl methyl sites for hydroxylation is 2. The third-order valence-electron chi connectivity index (χ3n) is 5.21. The smallest absolute Gasteiger partial charge is 0.255 e. The molecule has 4 rings (SSSR count). The predicted octanol–water partition coefficient (Wildman–Crippen LogP) is 3.94. The number of hydrogen-bond donors (Lipinski definition) is 1. The quantitative estimate of drug-likeness (QED) is 0.779. The van der Waals surface area contributed by atoms with E-state index in [0.717, 1.165) is 47.4 Å². The zero-order chi connectivity index (χ0) is 18.3. The Hall–Kier alpha value is -3.13. The van der Waals surface area contributed by atoms with Crippen LogP contribution in [-0.4, -0.2) is 15.5 Å². The molecule has 1 heterocycles. The fourth-order valence-corrected chi connectivity index (χ4v) is 3.37. The van der Waals surface area contributed by atoms with Crippen molar-refractivity contribution in [1.29, 1.82) is 5.26 Å². The molecule has 1 aliphatic rings. The number of rotatable bonds is 4. The normalized spacial score (nSPS) is 14.8. The summed E-state index contributed by atoms with van der Waals surface area (Å²) in [5.41, 5.74) is 3.88. The number of hydrogen-bond acceptors (Lipinski definition) is 3. The van der Waals surface area contributed by atoms with Gasteiger partial charge in [-0.25, -0.2) is 4.98 Å². The highest BCUT2D eigenvalue weighted by molar-refractivity contribution is 6.06. The Morgan fingerprint density at radius 3 is 2.62 bits per heavy atom. The Morgan fingerprint density at radius 2 is 2.00 bits per heavy atom. The molecule has 0 bridgehead atoms. The molecule has 5 heteroatoms. The monoisotopic (exact) mass is 344 g/mol. The molecule has 0 atom stereocenters. The highest BCUT2D eigenvalue weighted by Gasteiger charge is 2.44. The van der Waals surface area contributed by atoms with Gasteiger partial charge in [0.15, 0.2) is 0 Å². The SMILES string of the molecule is CCc1nc2cc(C(=O)Nc3ccc(C4(C#N)CC4)cc3)ccc2n1C. The predicted molar refractivity (Wildman–Crippen MR) is 101 cm³/mol. The van der Waals surface area contributed by atoms with Crippen LogP contribution in [-0.2, 0) is 18.9 Å². The van der Waals surface area contributed by atoms with Crippen molar-refractivity contribution in [2.45, 2.75) is 31.6 Å². The lowest BCUT2D eigenvalue weighted by Crippen LogP contribution is -2.12. The van der Waals surface area contributed by atoms with Crippen LogP contribution in [0.2, 0.25) is 0 Å². The number of amides is 1. The highest BCUT2D eigenvalue weighted by atomic mass is 16.1. The summed E-state index contributed by atoms with van der Waals surface area (Å²) in [7, 11) is 1.99. The maximum absolute atomic E-state index is 12.6. The van der Waals surface area contributed by atoms with Gasteiger partial charge < -0.3 is 9.88 Å². The summed E-state index contributed by atoms with van der Waals surface area (Å²) in [4.78, 5) is 17.2. The van der Waals surface area contributed by atoms with E-state index in [4.69, 9.17) is 0 Å². The van der Waals surface area contributed by atoms with Gasteiger partial charge >= 0.3 is 0 Å². The van der Waals surface area contributed by atoms with Crippen LogP contribution in [0, 0.1) is 11.3 Å². The van der Waals surface area contributed by atoms with Crippen molar-refractivity contribution in [3.8, 4) is 6.07 Å². The Labute approximate surface area is 152 Å². The molecule has 0 unspecified atom stereocenters. The summed E-state index contributed by atoms with van der Waals surface area (Å²) in [5, 5.41) is 12.2. The molecule has 2 aromatic carbocycles. The van der Waals surface area contributed by atoms with Gasteiger partial charge in [0.05, 0.1) is 22.5 Å². The molecule has 5 nitrogen and oxygen atoms in total. The Bertz CT molecular complexity index is 1040. The Balaban J connectivity index is 1.54. The number of carbonyl (C=O) groups is 1. The first-order chi connectivity index (χ1) is 12.6. The standard InChI is InChI=1S/C21H20N4O/c1-3-19-24-17-12-14(4-9-18(17)25(19)2)20(26)23-16-7-5-15(6-8-16)21(13-22)10-11-21/h4-9,12H,3,10-11H2,1-2H3,(H,23,26). The average molecular weight is 344 g/mol. The van der Waals surface area contributed by atoms with E-state index < -0.39 is 0 Å². The minimum atomic E-state index is -0.302. The fourth-order valence-electron chi connectivity index (χ4n) is 3.37. The van der Waals surface area contributed by atoms with E-state index in [9.17, 15) is 10.1 Å². The van der Waals surface area contributed by atoms with Gasteiger partial charge in [-0.05, 0) is 48.7 Å². The van der Waals surface area contributed by atoms with Crippen LogP contribution < -0.4 is 5.32 Å². The molecular formula is C21H20N4O. The van der Waals surface area contributed by atoms with Crippen molar-refractivity contribution >= 4 is 22.6 Å². The van der Waals surface area contributed by atoms with Crippen LogP contribution in [0.1, 0.15) is 41.5 Å². The molecule has 0 spiro atoms. The van der Waals surface area contributed by atoms with E-state index in [-0.39, 0.29) is 11.3 Å². The van der Waals surface area contributed by atoms with Gasteiger partial charge in [0, 0.05) is 24.7 Å². The zero-order valence-electron chi connectivity index (χ0n) is 14.9. The maximum atomic E-state index is 12.6. The second kappa shape index (κ2) is 5.99. The summed E-state index contributed by atoms with van der Waals surface area (Å²) < 4.78 is 2.05. The third kappa shape index (κ3) is 2.64. The van der Waals surface area contributed by atoms with Gasteiger partial charge in [0.2, 0.25) is 0 Å². The summed E-state index contributed by atoms with van der Waals surface area (Å²) in [6.45, 7) is 2.07. The lowest BCUT2D eigenvalue weighted by Gasteiger charge is -2.09. The molecule has 0 aliphatic heterocycles. The van der Waals surface area contributed by atoms with Crippen LogP contribution in [0.4, 0.5) is 5.69 Å². The number of carbonyl (C=O) groups excluding carboxylic acids is 1. The molecule has 0 radical (unpaired) electrons. The number of nitrogens with one attached hydrogen (secondary N) is 1. The van der Waals surface area contributed by atoms with Crippen LogP contribution in [0.3, 0.4) is 0 Å². The molecule has 1 N–H and O–H groups in total. The molecule has 3 aromatic rings. The highest BCUT2D eigenvalue weighted by Crippen LogP contribution is 2.47. The van der Waals surface area contributed by atoms with Gasteiger partial charge in [-0.15, -0.1) is 0 Å². The molecule has 1 aromatic heterocycles. The number of aromatic nitrogens is 2. The van der Waals surface area contributed by atoms with Gasteiger partial charge in [0.1, 0.15) is 5.82 Å². The topological polar surface area (TPSA) is 70.7 Å². The molecule has 1 amide bonds. The Morgan fingerprint density at radius 1 is 1.27 bits per heavy atom. The van der Waals surface area contributed by atoms with Crippen molar-refractivity contribution in [3.05, 3.63) is 59.4 Å². The molecular weight excluding hydrogens is 324 g/mol. The fraction of sp³-hybridized carbons (Fsp3) is 0.286. The van der Waals surface area contributed by atoms with Gasteiger partial charge in [-0.3, -0.25) is 4.79 Å². The van der Waals surface area contributed by atoms with E-state index in [2.05, 4.69) is 27.9 Å². The molecule has 1 saturated carbocycles. The summed E-state index contributed by atoms with van der Waals surface area (Å²) in [5.74, 6) is 0.837. The Kier molecular flexibility index (Phi) is 3.77. The van der Waals surface area contributed by atoms with E-state index >= 15 is 0 Å². The maximum Gasteiger partial charge on any atom is 0.255 e. The van der Waals surface area contributed by atoms with E-state index in [0.29, 0.717) is 5.56 Å². The minimum Gasteiger partial charge on any atom is -0.331 e. The lowest BCUT2D eigenvalue weighted by molar-refractivity contribution is 0.102. The summed E-state index contributed by atoms with van der Waals surface area (Å²) in [6, 6.07) is 15.6. The van der Waals surface area contributed by atoms with Crippen molar-refractivity contribution in [1.82, 2.24) is 9.55 Å². The van der Waals surface area contributed by atoms with Crippen LogP contribution in [0.5, 0.6) is 0 Å². The number of nitrogens with zero attached hydrogens (tertiary/aromatic N) is 3. The van der Waals surface area contributed by atoms with Gasteiger partial charge in [0.25, 0.3) is 5.91 Å². The first-order valence-electron chi connectivity index (χ1n) is 8.85. The van der Waals surface area contributed by atoms with Crippen LogP contribution >= 0.6 is 0 Å². The number of nitriles is 1. The van der Waals surface area contributed by atoms with Crippen molar-refractivity contribution < 1.29 is 4.79 Å². The van der Waals surface area contributed by atoms with E-state index in [1.54, 1.807) is 0 Å². The first kappa shape index (κ1) is 16.3. The molecule has 1 aliphatic carbocycles. The molecule has 1 fully saturated rings. The summed E-state index contributed by atoms with van der Waals surface area (Å²) in [6.07, 6.45) is 2.68. The van der Waals surface area contributed by atoms with E-state index in [1.165, 1.54) is 0 Å². The van der Waals surface area contributed by atoms with Gasteiger partial charge in [-0.1, -0.05) is 19.1 Å². The van der Waals surface area contributed by atoms with Crippen molar-refractivity contribution in [3.63, 3.8) is 0 Å². The third-order valence-corrected chi connectivity index (χ3v) is 5.21. The van der Waals surface area contributed by atoms with Gasteiger partial charge in [-0.2, -0.15) is 5.26 Å². The van der Waals surface area contributed by atoms with Crippen LogP contribution in [0.25, 0.3) is 11.0 Å². The second-order valence-electron chi connectivity index (χ2n) is 6.87. The van der Waals surface area contributed by atoms with Crippen molar-refractivity contribution in [2.24, 2.45) is 7.05 Å². The first-order valence-corrected chi connectivity index (χ1v) is 8.85. The number of imidazole rings is 1. The number of anilines is 1. The van der Waals surface area contributed by atoms with E-state index in [1.807, 2.05) is 49.5 Å². The molecule has 0 saturated heterocycles. The number of fused-ring (bicyclic) bond motifs is 1. The number of benzene rings is 2. The molecule has 130 valence electrons.